The number of carboxylic acids is 1. The minimum Gasteiger partial charge on any atom is -0.493 e. The van der Waals surface area contributed by atoms with Crippen LogP contribution < -0.4 is 10.1 Å². The molecule has 4 heterocycles. The molecule has 2 aliphatic heterocycles. The van der Waals surface area contributed by atoms with Crippen LogP contribution in [0.4, 0.5) is 10.3 Å². The fourth-order valence-corrected chi connectivity index (χ4v) is 4.20. The van der Waals surface area contributed by atoms with E-state index < -0.39 is 5.97 Å². The Labute approximate surface area is 171 Å². The summed E-state index contributed by atoms with van der Waals surface area (Å²) in [7, 11) is 0. The molecule has 0 aliphatic carbocycles. The van der Waals surface area contributed by atoms with Crippen molar-refractivity contribution in [1.29, 1.82) is 0 Å². The van der Waals surface area contributed by atoms with E-state index in [-0.39, 0.29) is 24.0 Å². The van der Waals surface area contributed by atoms with Gasteiger partial charge >= 0.3 is 5.97 Å². The fraction of sp³-hybridized carbons (Fsp3) is 0.381. The molecule has 0 bridgehead atoms. The molecule has 0 atom stereocenters. The van der Waals surface area contributed by atoms with E-state index in [1.165, 1.54) is 12.3 Å². The normalized spacial score (nSPS) is 16.4. The molecule has 0 spiro atoms. The molecular formula is C21H21FN4O4. The molecule has 0 radical (unpaired) electrons. The molecule has 8 nitrogen and oxygen atoms in total. The molecule has 0 saturated carbocycles. The van der Waals surface area contributed by atoms with Crippen LogP contribution in [0.2, 0.25) is 0 Å². The van der Waals surface area contributed by atoms with E-state index in [0.29, 0.717) is 49.1 Å². The van der Waals surface area contributed by atoms with Gasteiger partial charge in [0.2, 0.25) is 5.95 Å². The van der Waals surface area contributed by atoms with Crippen molar-refractivity contribution in [2.24, 2.45) is 0 Å². The minimum absolute atomic E-state index is 0.0560. The van der Waals surface area contributed by atoms with Gasteiger partial charge in [0.25, 0.3) is 0 Å². The molecule has 1 fully saturated rings. The number of imidazole rings is 1. The fourth-order valence-electron chi connectivity index (χ4n) is 4.20. The van der Waals surface area contributed by atoms with Gasteiger partial charge in [-0.15, -0.1) is 0 Å². The molecular weight excluding hydrogens is 391 g/mol. The van der Waals surface area contributed by atoms with Gasteiger partial charge in [-0.05, 0) is 30.9 Å². The maximum Gasteiger partial charge on any atom is 0.356 e. The first kappa shape index (κ1) is 18.8. The van der Waals surface area contributed by atoms with E-state index in [1.807, 2.05) is 0 Å². The molecule has 2 aromatic heterocycles. The first-order valence-electron chi connectivity index (χ1n) is 9.98. The highest BCUT2D eigenvalue weighted by Gasteiger charge is 2.24. The SMILES string of the molecule is O=C(O)c1cn2c(NCc3c(F)ccc4c3CCO4)ncc(C3CCOCC3)c2n1. The number of hydrogen-bond donors (Lipinski definition) is 2. The number of aromatic nitrogens is 3. The van der Waals surface area contributed by atoms with Gasteiger partial charge in [-0.1, -0.05) is 0 Å². The summed E-state index contributed by atoms with van der Waals surface area (Å²) >= 11 is 0. The number of halogens is 1. The minimum atomic E-state index is -1.10. The summed E-state index contributed by atoms with van der Waals surface area (Å²) in [4.78, 5) is 20.4. The maximum absolute atomic E-state index is 14.5. The van der Waals surface area contributed by atoms with E-state index in [0.717, 1.165) is 24.0 Å². The van der Waals surface area contributed by atoms with Gasteiger partial charge in [-0.3, -0.25) is 4.40 Å². The van der Waals surface area contributed by atoms with Crippen LogP contribution in [-0.2, 0) is 17.7 Å². The molecule has 5 rings (SSSR count). The third-order valence-corrected chi connectivity index (χ3v) is 5.76. The van der Waals surface area contributed by atoms with Gasteiger partial charge in [0.1, 0.15) is 17.2 Å². The summed E-state index contributed by atoms with van der Waals surface area (Å²) in [6.45, 7) is 2.06. The lowest BCUT2D eigenvalue weighted by atomic mass is 9.93. The number of ether oxygens (including phenoxy) is 2. The Morgan fingerprint density at radius 3 is 2.93 bits per heavy atom. The monoisotopic (exact) mass is 412 g/mol. The largest absolute Gasteiger partial charge is 0.493 e. The van der Waals surface area contributed by atoms with Gasteiger partial charge in [0, 0.05) is 55.3 Å². The first-order valence-corrected chi connectivity index (χ1v) is 9.98. The maximum atomic E-state index is 14.5. The molecule has 0 unspecified atom stereocenters. The zero-order valence-corrected chi connectivity index (χ0v) is 16.2. The molecule has 1 saturated heterocycles. The van der Waals surface area contributed by atoms with Crippen molar-refractivity contribution in [3.05, 3.63) is 52.7 Å². The van der Waals surface area contributed by atoms with Crippen molar-refractivity contribution in [3.63, 3.8) is 0 Å². The lowest BCUT2D eigenvalue weighted by molar-refractivity contribution is 0.0691. The molecule has 9 heteroatoms. The number of carboxylic acid groups (broad SMARTS) is 1. The van der Waals surface area contributed by atoms with Crippen molar-refractivity contribution < 1.29 is 23.8 Å². The summed E-state index contributed by atoms with van der Waals surface area (Å²) in [6.07, 6.45) is 5.51. The average Bonchev–Trinajstić information content (AvgIpc) is 3.41. The molecule has 2 aliphatic rings. The lowest BCUT2D eigenvalue weighted by Gasteiger charge is -2.23. The predicted molar refractivity (Wildman–Crippen MR) is 106 cm³/mol. The van der Waals surface area contributed by atoms with Crippen molar-refractivity contribution in [2.45, 2.75) is 31.7 Å². The van der Waals surface area contributed by atoms with Gasteiger partial charge in [0.15, 0.2) is 5.69 Å². The highest BCUT2D eigenvalue weighted by atomic mass is 19.1. The Morgan fingerprint density at radius 2 is 2.13 bits per heavy atom. The quantitative estimate of drug-likeness (QED) is 0.665. The zero-order valence-electron chi connectivity index (χ0n) is 16.2. The molecule has 30 heavy (non-hydrogen) atoms. The molecule has 3 aromatic rings. The number of carbonyl (C=O) groups is 1. The van der Waals surface area contributed by atoms with Crippen LogP contribution in [-0.4, -0.2) is 45.3 Å². The Kier molecular flexibility index (Phi) is 4.74. The Morgan fingerprint density at radius 1 is 1.30 bits per heavy atom. The number of rotatable bonds is 5. The van der Waals surface area contributed by atoms with Gasteiger partial charge in [-0.2, -0.15) is 0 Å². The topological polar surface area (TPSA) is 98.0 Å². The second-order valence-corrected chi connectivity index (χ2v) is 7.50. The van der Waals surface area contributed by atoms with Gasteiger partial charge in [0.05, 0.1) is 6.61 Å². The average molecular weight is 412 g/mol. The number of nitrogens with zero attached hydrogens (tertiary/aromatic N) is 3. The summed E-state index contributed by atoms with van der Waals surface area (Å²) < 4.78 is 27.1. The standard InChI is InChI=1S/C21H21FN4O4/c22-16-1-2-18-13(5-8-30-18)15(16)10-24-21-23-9-14(12-3-6-29-7-4-12)19-25-17(20(27)28)11-26(19)21/h1-2,9,11-12H,3-8,10H2,(H,23,24)(H,27,28). The number of aromatic carboxylic acids is 1. The van der Waals surface area contributed by atoms with E-state index in [1.54, 1.807) is 16.7 Å². The smallest absolute Gasteiger partial charge is 0.356 e. The van der Waals surface area contributed by atoms with E-state index in [9.17, 15) is 14.3 Å². The van der Waals surface area contributed by atoms with Crippen molar-refractivity contribution >= 4 is 17.6 Å². The van der Waals surface area contributed by atoms with Crippen LogP contribution in [0.1, 0.15) is 45.9 Å². The Bertz CT molecular complexity index is 1120. The lowest BCUT2D eigenvalue weighted by Crippen LogP contribution is -2.16. The summed E-state index contributed by atoms with van der Waals surface area (Å²) in [5.74, 6) is -0.0853. The second-order valence-electron chi connectivity index (χ2n) is 7.50. The van der Waals surface area contributed by atoms with Gasteiger partial charge < -0.3 is 19.9 Å². The van der Waals surface area contributed by atoms with Crippen molar-refractivity contribution in [1.82, 2.24) is 14.4 Å². The number of hydrogen-bond acceptors (Lipinski definition) is 6. The van der Waals surface area contributed by atoms with E-state index in [4.69, 9.17) is 9.47 Å². The van der Waals surface area contributed by atoms with Crippen LogP contribution in [0.5, 0.6) is 5.75 Å². The summed E-state index contributed by atoms with van der Waals surface area (Å²) in [5.41, 5.74) is 2.79. The van der Waals surface area contributed by atoms with Crippen LogP contribution >= 0.6 is 0 Å². The third kappa shape index (κ3) is 3.24. The zero-order chi connectivity index (χ0) is 20.7. The second kappa shape index (κ2) is 7.56. The molecule has 1 aromatic carbocycles. The van der Waals surface area contributed by atoms with Gasteiger partial charge in [-0.25, -0.2) is 19.2 Å². The van der Waals surface area contributed by atoms with Crippen LogP contribution in [0, 0.1) is 5.82 Å². The highest BCUT2D eigenvalue weighted by molar-refractivity contribution is 5.86. The van der Waals surface area contributed by atoms with E-state index in [2.05, 4.69) is 15.3 Å². The Hall–Kier alpha value is -3.20. The predicted octanol–water partition coefficient (Wildman–Crippen LogP) is 3.01. The highest BCUT2D eigenvalue weighted by Crippen LogP contribution is 2.32. The van der Waals surface area contributed by atoms with Crippen LogP contribution in [0.25, 0.3) is 5.65 Å². The molecule has 0 amide bonds. The van der Waals surface area contributed by atoms with Crippen molar-refractivity contribution in [2.75, 3.05) is 25.1 Å². The molecule has 156 valence electrons. The van der Waals surface area contributed by atoms with Crippen LogP contribution in [0.3, 0.4) is 0 Å². The summed E-state index contributed by atoms with van der Waals surface area (Å²) in [5, 5.41) is 12.6. The summed E-state index contributed by atoms with van der Waals surface area (Å²) in [6, 6.07) is 3.05. The van der Waals surface area contributed by atoms with E-state index >= 15 is 0 Å². The number of nitrogens with one attached hydrogen (secondary N) is 1. The number of fused-ring (bicyclic) bond motifs is 2. The number of anilines is 1. The molecule has 2 N–H and O–H groups in total. The third-order valence-electron chi connectivity index (χ3n) is 5.76. The van der Waals surface area contributed by atoms with Crippen LogP contribution in [0.15, 0.2) is 24.5 Å². The Balaban J connectivity index is 1.51. The first-order chi connectivity index (χ1) is 14.6. The van der Waals surface area contributed by atoms with Crippen molar-refractivity contribution in [3.8, 4) is 5.75 Å². The number of benzene rings is 1.